The maximum absolute atomic E-state index is 12.4. The Balaban J connectivity index is 1.60. The van der Waals surface area contributed by atoms with E-state index in [0.717, 1.165) is 51.0 Å². The first-order chi connectivity index (χ1) is 10.6. The summed E-state index contributed by atoms with van der Waals surface area (Å²) in [5.41, 5.74) is 0.645. The molecule has 5 nitrogen and oxygen atoms in total. The van der Waals surface area contributed by atoms with Crippen LogP contribution in [0, 0.1) is 5.92 Å². The second-order valence-corrected chi connectivity index (χ2v) is 6.66. The summed E-state index contributed by atoms with van der Waals surface area (Å²) in [5, 5.41) is 13.1. The van der Waals surface area contributed by atoms with Crippen molar-refractivity contribution in [2.45, 2.75) is 51.2 Å². The predicted molar refractivity (Wildman–Crippen MR) is 85.8 cm³/mol. The minimum absolute atomic E-state index is 0.0758. The number of aliphatic hydroxyl groups excluding tert-OH is 1. The lowest BCUT2D eigenvalue weighted by Gasteiger charge is -2.30. The van der Waals surface area contributed by atoms with Crippen molar-refractivity contribution in [2.75, 3.05) is 18.4 Å². The van der Waals surface area contributed by atoms with Crippen molar-refractivity contribution in [3.05, 3.63) is 23.9 Å². The molecule has 2 N–H and O–H groups in total. The van der Waals surface area contributed by atoms with Gasteiger partial charge in [0.1, 0.15) is 5.82 Å². The first-order valence-electron chi connectivity index (χ1n) is 8.33. The number of hydrogen-bond acceptors (Lipinski definition) is 4. The Morgan fingerprint density at radius 1 is 1.27 bits per heavy atom. The zero-order valence-electron chi connectivity index (χ0n) is 13.2. The Labute approximate surface area is 131 Å². The van der Waals surface area contributed by atoms with Crippen molar-refractivity contribution in [1.82, 2.24) is 9.88 Å². The summed E-state index contributed by atoms with van der Waals surface area (Å²) in [5.74, 6) is 1.52. The van der Waals surface area contributed by atoms with Crippen molar-refractivity contribution >= 4 is 11.7 Å². The number of piperidine rings is 1. The van der Waals surface area contributed by atoms with Crippen LogP contribution in [0.2, 0.25) is 0 Å². The van der Waals surface area contributed by atoms with Crippen LogP contribution in [0.25, 0.3) is 0 Å². The van der Waals surface area contributed by atoms with Gasteiger partial charge in [-0.15, -0.1) is 0 Å². The van der Waals surface area contributed by atoms with Gasteiger partial charge in [0.05, 0.1) is 17.7 Å². The SMILES string of the molecule is CC1CCN(C(=O)c2ccc(NC3CCCC3O)nc2)CC1. The van der Waals surface area contributed by atoms with E-state index in [-0.39, 0.29) is 18.1 Å². The van der Waals surface area contributed by atoms with Crippen LogP contribution >= 0.6 is 0 Å². The molecule has 2 unspecified atom stereocenters. The predicted octanol–water partition coefficient (Wildman–Crippen LogP) is 2.28. The minimum Gasteiger partial charge on any atom is -0.391 e. The molecule has 1 aliphatic carbocycles. The number of rotatable bonds is 3. The summed E-state index contributed by atoms with van der Waals surface area (Å²) in [6, 6.07) is 3.75. The monoisotopic (exact) mass is 303 g/mol. The standard InChI is InChI=1S/C17H25N3O2/c1-12-7-9-20(10-8-12)17(22)13-5-6-16(18-11-13)19-14-3-2-4-15(14)21/h5-6,11-12,14-15,21H,2-4,7-10H2,1H3,(H,18,19). The van der Waals surface area contributed by atoms with Gasteiger partial charge >= 0.3 is 0 Å². The van der Waals surface area contributed by atoms with Crippen LogP contribution in [0.5, 0.6) is 0 Å². The number of aromatic nitrogens is 1. The molecular weight excluding hydrogens is 278 g/mol. The zero-order chi connectivity index (χ0) is 15.5. The maximum atomic E-state index is 12.4. The Hall–Kier alpha value is -1.62. The van der Waals surface area contributed by atoms with E-state index in [4.69, 9.17) is 0 Å². The van der Waals surface area contributed by atoms with E-state index in [1.54, 1.807) is 6.20 Å². The van der Waals surface area contributed by atoms with Gasteiger partial charge in [-0.05, 0) is 50.2 Å². The summed E-state index contributed by atoms with van der Waals surface area (Å²) in [7, 11) is 0. The highest BCUT2D eigenvalue weighted by atomic mass is 16.3. The second kappa shape index (κ2) is 6.65. The minimum atomic E-state index is -0.293. The van der Waals surface area contributed by atoms with E-state index in [1.165, 1.54) is 0 Å². The molecule has 120 valence electrons. The van der Waals surface area contributed by atoms with Gasteiger partial charge in [0.15, 0.2) is 0 Å². The molecule has 1 aliphatic heterocycles. The van der Waals surface area contributed by atoms with Crippen molar-refractivity contribution in [1.29, 1.82) is 0 Å². The molecule has 2 atom stereocenters. The third-order valence-electron chi connectivity index (χ3n) is 4.89. The number of carbonyl (C=O) groups is 1. The third kappa shape index (κ3) is 3.40. The summed E-state index contributed by atoms with van der Waals surface area (Å²) in [6.45, 7) is 3.92. The summed E-state index contributed by atoms with van der Waals surface area (Å²) in [6.07, 6.45) is 6.37. The number of carbonyl (C=O) groups excluding carboxylic acids is 1. The number of pyridine rings is 1. The Bertz CT molecular complexity index is 509. The van der Waals surface area contributed by atoms with Crippen molar-refractivity contribution in [3.8, 4) is 0 Å². The van der Waals surface area contributed by atoms with Crippen LogP contribution in [0.1, 0.15) is 49.4 Å². The molecule has 1 aromatic rings. The Morgan fingerprint density at radius 2 is 2.05 bits per heavy atom. The molecule has 2 aliphatic rings. The van der Waals surface area contributed by atoms with E-state index >= 15 is 0 Å². The molecule has 2 fully saturated rings. The molecule has 22 heavy (non-hydrogen) atoms. The highest BCUT2D eigenvalue weighted by molar-refractivity contribution is 5.94. The van der Waals surface area contributed by atoms with E-state index in [1.807, 2.05) is 17.0 Å². The lowest BCUT2D eigenvalue weighted by Crippen LogP contribution is -2.38. The van der Waals surface area contributed by atoms with Crippen LogP contribution in [0.15, 0.2) is 18.3 Å². The van der Waals surface area contributed by atoms with Gasteiger partial charge in [-0.1, -0.05) is 6.92 Å². The average Bonchev–Trinajstić information content (AvgIpc) is 2.93. The van der Waals surface area contributed by atoms with Gasteiger partial charge in [0.2, 0.25) is 0 Å². The first-order valence-corrected chi connectivity index (χ1v) is 8.33. The van der Waals surface area contributed by atoms with E-state index < -0.39 is 0 Å². The fraction of sp³-hybridized carbons (Fsp3) is 0.647. The Kier molecular flexibility index (Phi) is 4.62. The van der Waals surface area contributed by atoms with Crippen molar-refractivity contribution < 1.29 is 9.90 Å². The van der Waals surface area contributed by atoms with Crippen molar-refractivity contribution in [2.24, 2.45) is 5.92 Å². The molecular formula is C17H25N3O2. The number of hydrogen-bond donors (Lipinski definition) is 2. The highest BCUT2D eigenvalue weighted by Crippen LogP contribution is 2.23. The Morgan fingerprint density at radius 3 is 2.64 bits per heavy atom. The molecule has 0 radical (unpaired) electrons. The molecule has 1 amide bonds. The summed E-state index contributed by atoms with van der Waals surface area (Å²) in [4.78, 5) is 18.7. The zero-order valence-corrected chi connectivity index (χ0v) is 13.2. The number of amides is 1. The maximum Gasteiger partial charge on any atom is 0.255 e. The number of anilines is 1. The summed E-state index contributed by atoms with van der Waals surface area (Å²) < 4.78 is 0. The molecule has 1 aromatic heterocycles. The van der Waals surface area contributed by atoms with Gasteiger partial charge in [0.25, 0.3) is 5.91 Å². The van der Waals surface area contributed by atoms with Crippen LogP contribution in [0.4, 0.5) is 5.82 Å². The molecule has 2 heterocycles. The van der Waals surface area contributed by atoms with Crippen LogP contribution in [0.3, 0.4) is 0 Å². The number of likely N-dealkylation sites (tertiary alicyclic amines) is 1. The van der Waals surface area contributed by atoms with Gasteiger partial charge in [0, 0.05) is 19.3 Å². The second-order valence-electron chi connectivity index (χ2n) is 6.66. The molecule has 1 saturated heterocycles. The molecule has 0 spiro atoms. The first kappa shape index (κ1) is 15.3. The van der Waals surface area contributed by atoms with Gasteiger partial charge in [-0.25, -0.2) is 4.98 Å². The third-order valence-corrected chi connectivity index (χ3v) is 4.89. The van der Waals surface area contributed by atoms with Crippen LogP contribution in [-0.2, 0) is 0 Å². The molecule has 0 aromatic carbocycles. The average molecular weight is 303 g/mol. The molecule has 5 heteroatoms. The van der Waals surface area contributed by atoms with Crippen molar-refractivity contribution in [3.63, 3.8) is 0 Å². The quantitative estimate of drug-likeness (QED) is 0.899. The fourth-order valence-corrected chi connectivity index (χ4v) is 3.30. The largest absolute Gasteiger partial charge is 0.391 e. The normalized spacial score (nSPS) is 26.2. The van der Waals surface area contributed by atoms with Crippen LogP contribution in [-0.4, -0.2) is 46.1 Å². The van der Waals surface area contributed by atoms with Gasteiger partial charge < -0.3 is 15.3 Å². The molecule has 3 rings (SSSR count). The highest BCUT2D eigenvalue weighted by Gasteiger charge is 2.25. The lowest BCUT2D eigenvalue weighted by molar-refractivity contribution is 0.0697. The molecule has 1 saturated carbocycles. The number of nitrogens with one attached hydrogen (secondary N) is 1. The van der Waals surface area contributed by atoms with E-state index in [2.05, 4.69) is 17.2 Å². The lowest BCUT2D eigenvalue weighted by atomic mass is 9.99. The van der Waals surface area contributed by atoms with Crippen LogP contribution < -0.4 is 5.32 Å². The van der Waals surface area contributed by atoms with Gasteiger partial charge in [-0.3, -0.25) is 4.79 Å². The number of nitrogens with zero attached hydrogens (tertiary/aromatic N) is 2. The topological polar surface area (TPSA) is 65.5 Å². The fourth-order valence-electron chi connectivity index (χ4n) is 3.30. The van der Waals surface area contributed by atoms with E-state index in [9.17, 15) is 9.90 Å². The number of aliphatic hydroxyl groups is 1. The smallest absolute Gasteiger partial charge is 0.255 e. The summed E-state index contributed by atoms with van der Waals surface area (Å²) >= 11 is 0. The van der Waals surface area contributed by atoms with Gasteiger partial charge in [-0.2, -0.15) is 0 Å². The molecule has 0 bridgehead atoms. The van der Waals surface area contributed by atoms with E-state index in [0.29, 0.717) is 11.5 Å².